The molecule has 10 heteroatoms. The quantitative estimate of drug-likeness (QED) is 0.843. The van der Waals surface area contributed by atoms with Gasteiger partial charge in [-0.3, -0.25) is 9.52 Å². The van der Waals surface area contributed by atoms with E-state index in [2.05, 4.69) is 10.3 Å². The van der Waals surface area contributed by atoms with E-state index < -0.39 is 33.5 Å². The van der Waals surface area contributed by atoms with E-state index in [1.54, 1.807) is 30.3 Å². The monoisotopic (exact) mass is 373 g/mol. The number of anilines is 2. The number of halogens is 3. The fourth-order valence-electron chi connectivity index (χ4n) is 1.95. The number of pyridine rings is 1. The molecule has 6 nitrogen and oxygen atoms in total. The van der Waals surface area contributed by atoms with Gasteiger partial charge in [0, 0.05) is 6.20 Å². The second-order valence-electron chi connectivity index (χ2n) is 5.20. The van der Waals surface area contributed by atoms with Crippen LogP contribution in [-0.4, -0.2) is 25.6 Å². The lowest BCUT2D eigenvalue weighted by molar-refractivity contribution is -0.137. The number of rotatable bonds is 5. The zero-order chi connectivity index (χ0) is 18.7. The first kappa shape index (κ1) is 18.7. The van der Waals surface area contributed by atoms with Gasteiger partial charge in [-0.25, -0.2) is 13.4 Å². The molecule has 25 heavy (non-hydrogen) atoms. The Bertz CT molecular complexity index is 869. The van der Waals surface area contributed by atoms with Crippen LogP contribution in [0.15, 0.2) is 42.6 Å². The van der Waals surface area contributed by atoms with Crippen molar-refractivity contribution in [1.82, 2.24) is 4.98 Å². The summed E-state index contributed by atoms with van der Waals surface area (Å²) in [7, 11) is -3.79. The smallest absolute Gasteiger partial charge is 0.323 e. The van der Waals surface area contributed by atoms with Crippen LogP contribution in [0.2, 0.25) is 0 Å². The van der Waals surface area contributed by atoms with E-state index in [1.807, 2.05) is 4.72 Å². The van der Waals surface area contributed by atoms with Gasteiger partial charge in [0.1, 0.15) is 0 Å². The van der Waals surface area contributed by atoms with Gasteiger partial charge in [0.25, 0.3) is 0 Å². The number of benzene rings is 1. The molecule has 0 aliphatic carbocycles. The third kappa shape index (κ3) is 5.75. The SMILES string of the molecule is CS(=O)(=O)Nc1ncc(C(F)(F)F)cc1NC(=O)Cc1ccccc1. The molecule has 0 spiro atoms. The molecule has 134 valence electrons. The Hall–Kier alpha value is -2.62. The molecule has 0 aliphatic heterocycles. The molecule has 0 atom stereocenters. The average molecular weight is 373 g/mol. The Balaban J connectivity index is 2.30. The fraction of sp³-hybridized carbons (Fsp3) is 0.200. The van der Waals surface area contributed by atoms with Crippen molar-refractivity contribution in [3.8, 4) is 0 Å². The van der Waals surface area contributed by atoms with Gasteiger partial charge in [-0.15, -0.1) is 0 Å². The predicted molar refractivity (Wildman–Crippen MR) is 86.5 cm³/mol. The van der Waals surface area contributed by atoms with Crippen LogP contribution in [0.1, 0.15) is 11.1 Å². The van der Waals surface area contributed by atoms with Crippen LogP contribution in [0.4, 0.5) is 24.7 Å². The van der Waals surface area contributed by atoms with Gasteiger partial charge in [0.2, 0.25) is 15.9 Å². The highest BCUT2D eigenvalue weighted by atomic mass is 32.2. The molecule has 0 fully saturated rings. The normalized spacial score (nSPS) is 11.8. The summed E-state index contributed by atoms with van der Waals surface area (Å²) in [6.07, 6.45) is -3.47. The molecule has 0 radical (unpaired) electrons. The first-order valence-corrected chi connectivity index (χ1v) is 8.82. The minimum absolute atomic E-state index is 0.0879. The molecule has 1 amide bonds. The zero-order valence-corrected chi connectivity index (χ0v) is 13.8. The molecule has 1 heterocycles. The van der Waals surface area contributed by atoms with E-state index in [1.165, 1.54) is 0 Å². The van der Waals surface area contributed by atoms with E-state index >= 15 is 0 Å². The van der Waals surface area contributed by atoms with Gasteiger partial charge in [-0.1, -0.05) is 30.3 Å². The molecule has 0 aliphatic rings. The number of nitrogens with one attached hydrogen (secondary N) is 2. The van der Waals surface area contributed by atoms with Crippen molar-refractivity contribution in [2.75, 3.05) is 16.3 Å². The number of nitrogens with zero attached hydrogens (tertiary/aromatic N) is 1. The summed E-state index contributed by atoms with van der Waals surface area (Å²) in [6, 6.07) is 9.17. The summed E-state index contributed by atoms with van der Waals surface area (Å²) >= 11 is 0. The summed E-state index contributed by atoms with van der Waals surface area (Å²) in [5, 5.41) is 2.27. The Kier molecular flexibility index (Phi) is 5.31. The second-order valence-corrected chi connectivity index (χ2v) is 6.95. The van der Waals surface area contributed by atoms with E-state index in [-0.39, 0.29) is 12.1 Å². The molecule has 0 bridgehead atoms. The minimum atomic E-state index is -4.68. The second kappa shape index (κ2) is 7.09. The summed E-state index contributed by atoms with van der Waals surface area (Å²) < 4.78 is 63.1. The van der Waals surface area contributed by atoms with Crippen molar-refractivity contribution in [2.24, 2.45) is 0 Å². The van der Waals surface area contributed by atoms with Crippen LogP contribution < -0.4 is 10.0 Å². The lowest BCUT2D eigenvalue weighted by Crippen LogP contribution is -2.19. The third-order valence-electron chi connectivity index (χ3n) is 2.98. The molecule has 2 aromatic rings. The highest BCUT2D eigenvalue weighted by molar-refractivity contribution is 7.92. The fourth-order valence-corrected chi connectivity index (χ4v) is 2.46. The van der Waals surface area contributed by atoms with Gasteiger partial charge in [0.15, 0.2) is 5.82 Å². The van der Waals surface area contributed by atoms with Crippen LogP contribution in [0.3, 0.4) is 0 Å². The van der Waals surface area contributed by atoms with Gasteiger partial charge < -0.3 is 5.32 Å². The Morgan fingerprint density at radius 3 is 2.40 bits per heavy atom. The largest absolute Gasteiger partial charge is 0.417 e. The van der Waals surface area contributed by atoms with Crippen LogP contribution in [0, 0.1) is 0 Å². The highest BCUT2D eigenvalue weighted by Crippen LogP contribution is 2.32. The van der Waals surface area contributed by atoms with Crippen molar-refractivity contribution in [3.05, 3.63) is 53.7 Å². The van der Waals surface area contributed by atoms with Crippen LogP contribution in [0.25, 0.3) is 0 Å². The molecule has 0 saturated carbocycles. The molecule has 1 aromatic heterocycles. The predicted octanol–water partition coefficient (Wildman–Crippen LogP) is 2.65. The Labute approximate surface area is 142 Å². The number of sulfonamides is 1. The van der Waals surface area contributed by atoms with Crippen molar-refractivity contribution in [1.29, 1.82) is 0 Å². The lowest BCUT2D eigenvalue weighted by Gasteiger charge is -2.14. The van der Waals surface area contributed by atoms with Gasteiger partial charge in [-0.2, -0.15) is 13.2 Å². The van der Waals surface area contributed by atoms with Crippen LogP contribution in [-0.2, 0) is 27.4 Å². The van der Waals surface area contributed by atoms with Crippen molar-refractivity contribution < 1.29 is 26.4 Å². The summed E-state index contributed by atoms with van der Waals surface area (Å²) in [5.74, 6) is -0.999. The topological polar surface area (TPSA) is 88.2 Å². The number of carbonyl (C=O) groups is 1. The minimum Gasteiger partial charge on any atom is -0.323 e. The van der Waals surface area contributed by atoms with Gasteiger partial charge >= 0.3 is 6.18 Å². The zero-order valence-electron chi connectivity index (χ0n) is 13.0. The maximum absolute atomic E-state index is 12.8. The number of hydrogen-bond acceptors (Lipinski definition) is 4. The molecule has 0 unspecified atom stereocenters. The molecule has 0 saturated heterocycles. The van der Waals surface area contributed by atoms with E-state index in [0.29, 0.717) is 17.8 Å². The van der Waals surface area contributed by atoms with Crippen LogP contribution in [0.5, 0.6) is 0 Å². The molecular formula is C15H14F3N3O3S. The maximum atomic E-state index is 12.8. The van der Waals surface area contributed by atoms with Crippen molar-refractivity contribution >= 4 is 27.4 Å². The first-order chi connectivity index (χ1) is 11.5. The first-order valence-electron chi connectivity index (χ1n) is 6.93. The third-order valence-corrected chi connectivity index (χ3v) is 3.54. The lowest BCUT2D eigenvalue weighted by atomic mass is 10.1. The van der Waals surface area contributed by atoms with E-state index in [4.69, 9.17) is 0 Å². The standard InChI is InChI=1S/C15H14F3N3O3S/c1-25(23,24)21-14-12(8-11(9-19-14)15(16,17)18)20-13(22)7-10-5-3-2-4-6-10/h2-6,8-9H,7H2,1H3,(H,19,21)(H,20,22). The summed E-state index contributed by atoms with van der Waals surface area (Å²) in [4.78, 5) is 15.5. The Morgan fingerprint density at radius 1 is 1.20 bits per heavy atom. The van der Waals surface area contributed by atoms with Crippen molar-refractivity contribution in [3.63, 3.8) is 0 Å². The van der Waals surface area contributed by atoms with Crippen molar-refractivity contribution in [2.45, 2.75) is 12.6 Å². The number of aromatic nitrogens is 1. The van der Waals surface area contributed by atoms with Gasteiger partial charge in [0.05, 0.1) is 23.9 Å². The summed E-state index contributed by atoms with van der Waals surface area (Å²) in [5.41, 5.74) is -0.833. The highest BCUT2D eigenvalue weighted by Gasteiger charge is 2.32. The van der Waals surface area contributed by atoms with Gasteiger partial charge in [-0.05, 0) is 11.6 Å². The van der Waals surface area contributed by atoms with E-state index in [0.717, 1.165) is 6.26 Å². The van der Waals surface area contributed by atoms with Crippen LogP contribution >= 0.6 is 0 Å². The molecule has 1 aromatic carbocycles. The molecule has 2 N–H and O–H groups in total. The molecular weight excluding hydrogens is 359 g/mol. The number of amides is 1. The average Bonchev–Trinajstić information content (AvgIpc) is 2.47. The van der Waals surface area contributed by atoms with E-state index in [9.17, 15) is 26.4 Å². The maximum Gasteiger partial charge on any atom is 0.417 e. The number of alkyl halides is 3. The number of carbonyl (C=O) groups excluding carboxylic acids is 1. The number of hydrogen-bond donors (Lipinski definition) is 2. The Morgan fingerprint density at radius 2 is 1.84 bits per heavy atom. The summed E-state index contributed by atoms with van der Waals surface area (Å²) in [6.45, 7) is 0. The molecule has 2 rings (SSSR count).